The Labute approximate surface area is 286 Å². The highest BCUT2D eigenvalue weighted by atomic mass is 16.3. The third-order valence-electron chi connectivity index (χ3n) is 9.26. The second-order valence-corrected chi connectivity index (χ2v) is 12.3. The molecule has 0 unspecified atom stereocenters. The Morgan fingerprint density at radius 2 is 0.980 bits per heavy atom. The molecule has 0 radical (unpaired) electrons. The van der Waals surface area contributed by atoms with E-state index in [2.05, 4.69) is 59.6 Å². The van der Waals surface area contributed by atoms with E-state index in [0.717, 1.165) is 82.8 Å². The number of rotatable bonds is 5. The molecule has 234 valence electrons. The van der Waals surface area contributed by atoms with Crippen LogP contribution in [0.3, 0.4) is 0 Å². The molecular weight excluding hydrogens is 617 g/mol. The summed E-state index contributed by atoms with van der Waals surface area (Å²) in [6.45, 7) is 0. The van der Waals surface area contributed by atoms with Gasteiger partial charge in [-0.15, -0.1) is 0 Å². The molecule has 4 heterocycles. The molecule has 6 nitrogen and oxygen atoms in total. The van der Waals surface area contributed by atoms with Crippen LogP contribution in [-0.4, -0.2) is 19.9 Å². The minimum atomic E-state index is 0.536. The number of para-hydroxylation sites is 2. The van der Waals surface area contributed by atoms with Crippen molar-refractivity contribution in [2.45, 2.75) is 0 Å². The first-order valence-electron chi connectivity index (χ1n) is 16.5. The maximum absolute atomic E-state index is 6.66. The first-order valence-corrected chi connectivity index (χ1v) is 16.5. The van der Waals surface area contributed by atoms with E-state index in [9.17, 15) is 0 Å². The van der Waals surface area contributed by atoms with Crippen molar-refractivity contribution in [2.75, 3.05) is 0 Å². The number of pyridine rings is 1. The summed E-state index contributed by atoms with van der Waals surface area (Å²) >= 11 is 0. The van der Waals surface area contributed by atoms with Crippen LogP contribution in [0, 0.1) is 0 Å². The Morgan fingerprint density at radius 3 is 1.76 bits per heavy atom. The minimum Gasteiger partial charge on any atom is -0.456 e. The van der Waals surface area contributed by atoms with Gasteiger partial charge >= 0.3 is 0 Å². The lowest BCUT2D eigenvalue weighted by Crippen LogP contribution is -2.00. The molecule has 0 aliphatic rings. The average molecular weight is 643 g/mol. The van der Waals surface area contributed by atoms with E-state index in [1.165, 1.54) is 0 Å². The molecule has 0 N–H and O–H groups in total. The molecule has 6 aromatic carbocycles. The Hall–Kier alpha value is -6.92. The molecule has 0 atom stereocenters. The van der Waals surface area contributed by atoms with Crippen molar-refractivity contribution in [1.82, 2.24) is 19.9 Å². The van der Waals surface area contributed by atoms with Crippen LogP contribution in [-0.2, 0) is 0 Å². The van der Waals surface area contributed by atoms with Gasteiger partial charge < -0.3 is 8.83 Å². The Bertz CT molecular complexity index is 2860. The SMILES string of the molecule is c1ccc(-c2nc(-c3ccc(-c4cccnc4)cc3)nc(-c3ccc(-c4ccc5c(c4)oc4ccccc45)c4c3oc3ccccc34)n2)cc1. The normalized spacial score (nSPS) is 11.6. The molecule has 0 aliphatic heterocycles. The van der Waals surface area contributed by atoms with E-state index in [0.29, 0.717) is 17.5 Å². The van der Waals surface area contributed by atoms with E-state index >= 15 is 0 Å². The topological polar surface area (TPSA) is 77.8 Å². The largest absolute Gasteiger partial charge is 0.456 e. The van der Waals surface area contributed by atoms with Crippen LogP contribution in [0.5, 0.6) is 0 Å². The molecule has 0 saturated heterocycles. The van der Waals surface area contributed by atoms with Crippen molar-refractivity contribution in [3.05, 3.63) is 158 Å². The van der Waals surface area contributed by atoms with Crippen LogP contribution in [0.25, 0.3) is 100 Å². The van der Waals surface area contributed by atoms with Gasteiger partial charge in [0.25, 0.3) is 0 Å². The van der Waals surface area contributed by atoms with E-state index in [1.54, 1.807) is 6.20 Å². The summed E-state index contributed by atoms with van der Waals surface area (Å²) in [5.74, 6) is 1.70. The van der Waals surface area contributed by atoms with Gasteiger partial charge in [0.1, 0.15) is 22.3 Å². The molecule has 50 heavy (non-hydrogen) atoms. The predicted molar refractivity (Wildman–Crippen MR) is 199 cm³/mol. The summed E-state index contributed by atoms with van der Waals surface area (Å²) in [5, 5.41) is 4.22. The van der Waals surface area contributed by atoms with Gasteiger partial charge in [0, 0.05) is 45.1 Å². The molecule has 0 aliphatic carbocycles. The molecule has 10 rings (SSSR count). The monoisotopic (exact) mass is 642 g/mol. The molecule has 6 heteroatoms. The first kappa shape index (κ1) is 28.1. The fourth-order valence-electron chi connectivity index (χ4n) is 6.83. The van der Waals surface area contributed by atoms with Crippen molar-refractivity contribution in [3.8, 4) is 56.4 Å². The fourth-order valence-corrected chi connectivity index (χ4v) is 6.83. The van der Waals surface area contributed by atoms with E-state index in [-0.39, 0.29) is 0 Å². The number of hydrogen-bond acceptors (Lipinski definition) is 6. The van der Waals surface area contributed by atoms with Gasteiger partial charge in [-0.05, 0) is 58.7 Å². The third kappa shape index (κ3) is 4.65. The van der Waals surface area contributed by atoms with Crippen LogP contribution < -0.4 is 0 Å². The average Bonchev–Trinajstić information content (AvgIpc) is 3.77. The Morgan fingerprint density at radius 1 is 0.380 bits per heavy atom. The molecule has 10 aromatic rings. The minimum absolute atomic E-state index is 0.536. The number of hydrogen-bond donors (Lipinski definition) is 0. The molecule has 0 bridgehead atoms. The van der Waals surface area contributed by atoms with Crippen LogP contribution >= 0.6 is 0 Å². The lowest BCUT2D eigenvalue weighted by Gasteiger charge is -2.11. The van der Waals surface area contributed by atoms with Crippen molar-refractivity contribution in [1.29, 1.82) is 0 Å². The highest BCUT2D eigenvalue weighted by Crippen LogP contribution is 2.42. The van der Waals surface area contributed by atoms with E-state index in [1.807, 2.05) is 97.2 Å². The lowest BCUT2D eigenvalue weighted by molar-refractivity contribution is 0.668. The van der Waals surface area contributed by atoms with Crippen molar-refractivity contribution in [2.24, 2.45) is 0 Å². The third-order valence-corrected chi connectivity index (χ3v) is 9.26. The van der Waals surface area contributed by atoms with Crippen LogP contribution in [0.1, 0.15) is 0 Å². The molecule has 0 fully saturated rings. The first-order chi connectivity index (χ1) is 24.8. The van der Waals surface area contributed by atoms with Crippen LogP contribution in [0.2, 0.25) is 0 Å². The fraction of sp³-hybridized carbons (Fsp3) is 0. The standard InChI is InChI=1S/C44H26N4O2/c1-2-9-28(10-3-1)42-46-43(29-18-16-27(17-19-29)31-11-8-24-45-26-31)48-44(47-42)36-23-22-32(40-35-13-5-7-15-38(35)50-41(36)40)30-20-21-34-33-12-4-6-14-37(33)49-39(34)25-30/h1-26H. The van der Waals surface area contributed by atoms with Crippen LogP contribution in [0.4, 0.5) is 0 Å². The number of fused-ring (bicyclic) bond motifs is 6. The van der Waals surface area contributed by atoms with E-state index < -0.39 is 0 Å². The van der Waals surface area contributed by atoms with Gasteiger partial charge in [-0.2, -0.15) is 0 Å². The summed E-state index contributed by atoms with van der Waals surface area (Å²) in [6.07, 6.45) is 3.64. The van der Waals surface area contributed by atoms with Gasteiger partial charge in [0.2, 0.25) is 0 Å². The van der Waals surface area contributed by atoms with Gasteiger partial charge in [-0.3, -0.25) is 4.98 Å². The van der Waals surface area contributed by atoms with Crippen molar-refractivity contribution < 1.29 is 8.83 Å². The molecule has 0 spiro atoms. The smallest absolute Gasteiger partial charge is 0.167 e. The number of furan rings is 2. The van der Waals surface area contributed by atoms with E-state index in [4.69, 9.17) is 23.8 Å². The maximum Gasteiger partial charge on any atom is 0.167 e. The van der Waals surface area contributed by atoms with Crippen molar-refractivity contribution >= 4 is 43.9 Å². The summed E-state index contributed by atoms with van der Waals surface area (Å²) in [4.78, 5) is 19.4. The molecule has 0 saturated carbocycles. The highest BCUT2D eigenvalue weighted by molar-refractivity contribution is 6.16. The quantitative estimate of drug-likeness (QED) is 0.186. The molecule has 4 aromatic heterocycles. The predicted octanol–water partition coefficient (Wildman–Crippen LogP) is 11.4. The summed E-state index contributed by atoms with van der Waals surface area (Å²) in [5.41, 5.74) is 10.0. The highest BCUT2D eigenvalue weighted by Gasteiger charge is 2.21. The summed E-state index contributed by atoms with van der Waals surface area (Å²) in [7, 11) is 0. The van der Waals surface area contributed by atoms with Crippen LogP contribution in [0.15, 0.2) is 167 Å². The summed E-state index contributed by atoms with van der Waals surface area (Å²) in [6, 6.07) is 49.1. The second kappa shape index (κ2) is 11.4. The molecule has 0 amide bonds. The Kier molecular flexibility index (Phi) is 6.39. The molecular formula is C44H26N4O2. The van der Waals surface area contributed by atoms with Crippen molar-refractivity contribution in [3.63, 3.8) is 0 Å². The second-order valence-electron chi connectivity index (χ2n) is 12.3. The van der Waals surface area contributed by atoms with Gasteiger partial charge in [-0.25, -0.2) is 15.0 Å². The number of aromatic nitrogens is 4. The number of nitrogens with zero attached hydrogens (tertiary/aromatic N) is 4. The lowest BCUT2D eigenvalue weighted by atomic mass is 9.96. The summed E-state index contributed by atoms with van der Waals surface area (Å²) < 4.78 is 12.9. The zero-order valence-electron chi connectivity index (χ0n) is 26.6. The maximum atomic E-state index is 6.66. The van der Waals surface area contributed by atoms with Gasteiger partial charge in [-0.1, -0.05) is 109 Å². The zero-order valence-corrected chi connectivity index (χ0v) is 26.6. The van der Waals surface area contributed by atoms with Gasteiger partial charge in [0.15, 0.2) is 17.5 Å². The zero-order chi connectivity index (χ0) is 33.0. The van der Waals surface area contributed by atoms with Gasteiger partial charge in [0.05, 0.1) is 5.56 Å². The number of benzene rings is 6. The Balaban J connectivity index is 1.17.